The molecule has 0 saturated carbocycles. The van der Waals surface area contributed by atoms with Crippen LogP contribution >= 0.6 is 23.4 Å². The van der Waals surface area contributed by atoms with Crippen molar-refractivity contribution in [1.82, 2.24) is 4.98 Å². The number of thioether (sulfide) groups is 1. The predicted molar refractivity (Wildman–Crippen MR) is 55.5 cm³/mol. The molecular weight excluding hydrogens is 208 g/mol. The zero-order chi connectivity index (χ0) is 9.84. The monoisotopic (exact) mass is 218 g/mol. The third-order valence-electron chi connectivity index (χ3n) is 1.63. The molecule has 1 heterocycles. The lowest BCUT2D eigenvalue weighted by molar-refractivity contribution is 0.403. The van der Waals surface area contributed by atoms with Gasteiger partial charge >= 0.3 is 0 Å². The molecular formula is C8H11ClN2OS. The van der Waals surface area contributed by atoms with Gasteiger partial charge in [-0.05, 0) is 6.26 Å². The summed E-state index contributed by atoms with van der Waals surface area (Å²) in [5.41, 5.74) is 6.12. The summed E-state index contributed by atoms with van der Waals surface area (Å²) in [7, 11) is 1.58. The van der Waals surface area contributed by atoms with Gasteiger partial charge in [0, 0.05) is 12.7 Å². The van der Waals surface area contributed by atoms with E-state index >= 15 is 0 Å². The van der Waals surface area contributed by atoms with Gasteiger partial charge in [-0.2, -0.15) is 0 Å². The Morgan fingerprint density at radius 2 is 2.38 bits per heavy atom. The van der Waals surface area contributed by atoms with Crippen LogP contribution in [0.25, 0.3) is 0 Å². The van der Waals surface area contributed by atoms with E-state index in [1.165, 1.54) is 0 Å². The molecule has 0 fully saturated rings. The maximum absolute atomic E-state index is 6.01. The predicted octanol–water partition coefficient (Wildman–Crippen LogP) is 1.92. The number of aromatic nitrogens is 1. The summed E-state index contributed by atoms with van der Waals surface area (Å²) >= 11 is 7.55. The first kappa shape index (κ1) is 10.6. The molecule has 0 aliphatic heterocycles. The molecule has 0 aliphatic rings. The zero-order valence-corrected chi connectivity index (χ0v) is 9.08. The average Bonchev–Trinajstić information content (AvgIpc) is 2.17. The van der Waals surface area contributed by atoms with E-state index in [0.717, 1.165) is 4.90 Å². The Kier molecular flexibility index (Phi) is 3.84. The minimum Gasteiger partial charge on any atom is -0.494 e. The minimum atomic E-state index is 0.323. The molecule has 0 bridgehead atoms. The van der Waals surface area contributed by atoms with Gasteiger partial charge in [0.05, 0.1) is 17.7 Å². The Balaban J connectivity index is 3.23. The normalized spacial score (nSPS) is 10.2. The number of ether oxygens (including phenoxy) is 1. The molecule has 0 unspecified atom stereocenters. The second-order valence-electron chi connectivity index (χ2n) is 2.32. The first-order valence-electron chi connectivity index (χ1n) is 3.70. The highest BCUT2D eigenvalue weighted by Gasteiger charge is 2.11. The van der Waals surface area contributed by atoms with Crippen LogP contribution in [0.1, 0.15) is 5.69 Å². The van der Waals surface area contributed by atoms with Gasteiger partial charge in [0.15, 0.2) is 5.75 Å². The first-order valence-corrected chi connectivity index (χ1v) is 5.30. The quantitative estimate of drug-likeness (QED) is 0.788. The van der Waals surface area contributed by atoms with Crippen LogP contribution in [0.5, 0.6) is 5.75 Å². The number of hydrogen-bond donors (Lipinski definition) is 1. The molecule has 0 aromatic carbocycles. The lowest BCUT2D eigenvalue weighted by Gasteiger charge is -2.09. The van der Waals surface area contributed by atoms with Crippen molar-refractivity contribution in [3.63, 3.8) is 0 Å². The maximum Gasteiger partial charge on any atom is 0.154 e. The highest BCUT2D eigenvalue weighted by molar-refractivity contribution is 7.98. The van der Waals surface area contributed by atoms with Gasteiger partial charge in [-0.25, -0.2) is 0 Å². The molecule has 2 N–H and O–H groups in total. The highest BCUT2D eigenvalue weighted by Crippen LogP contribution is 2.35. The van der Waals surface area contributed by atoms with Crippen molar-refractivity contribution in [2.24, 2.45) is 5.73 Å². The number of hydrogen-bond acceptors (Lipinski definition) is 4. The SMILES string of the molecule is COc1c(SC)cnc(CN)c1Cl. The lowest BCUT2D eigenvalue weighted by atomic mass is 10.3. The second kappa shape index (κ2) is 4.69. The van der Waals surface area contributed by atoms with E-state index in [4.69, 9.17) is 22.1 Å². The van der Waals surface area contributed by atoms with Crippen LogP contribution in [0.3, 0.4) is 0 Å². The van der Waals surface area contributed by atoms with Crippen molar-refractivity contribution < 1.29 is 4.74 Å². The van der Waals surface area contributed by atoms with E-state index in [1.54, 1.807) is 25.1 Å². The Labute approximate surface area is 86.6 Å². The summed E-state index contributed by atoms with van der Waals surface area (Å²) < 4.78 is 5.16. The summed E-state index contributed by atoms with van der Waals surface area (Å²) in [6.07, 6.45) is 3.66. The fraction of sp³-hybridized carbons (Fsp3) is 0.375. The molecule has 5 heteroatoms. The summed E-state index contributed by atoms with van der Waals surface area (Å²) in [6, 6.07) is 0. The number of nitrogens with two attached hydrogens (primary N) is 1. The van der Waals surface area contributed by atoms with Gasteiger partial charge in [-0.1, -0.05) is 11.6 Å². The van der Waals surface area contributed by atoms with Crippen molar-refractivity contribution in [2.75, 3.05) is 13.4 Å². The van der Waals surface area contributed by atoms with E-state index < -0.39 is 0 Å². The number of rotatable bonds is 3. The van der Waals surface area contributed by atoms with Gasteiger partial charge in [0.1, 0.15) is 5.02 Å². The molecule has 1 rings (SSSR count). The third-order valence-corrected chi connectivity index (χ3v) is 2.75. The standard InChI is InChI=1S/C8H11ClN2OS/c1-12-8-6(13-2)4-11-5(3-10)7(8)9/h4H,3,10H2,1-2H3. The lowest BCUT2D eigenvalue weighted by Crippen LogP contribution is -2.02. The van der Waals surface area contributed by atoms with Gasteiger partial charge in [-0.3, -0.25) is 4.98 Å². The van der Waals surface area contributed by atoms with Gasteiger partial charge < -0.3 is 10.5 Å². The van der Waals surface area contributed by atoms with Crippen LogP contribution in [0, 0.1) is 0 Å². The van der Waals surface area contributed by atoms with Crippen LogP contribution in [0.15, 0.2) is 11.1 Å². The number of methoxy groups -OCH3 is 1. The van der Waals surface area contributed by atoms with Crippen LogP contribution in [0.2, 0.25) is 5.02 Å². The fourth-order valence-corrected chi connectivity index (χ4v) is 1.86. The molecule has 3 nitrogen and oxygen atoms in total. The molecule has 0 amide bonds. The summed E-state index contributed by atoms with van der Waals surface area (Å²) in [4.78, 5) is 5.04. The molecule has 0 spiro atoms. The zero-order valence-electron chi connectivity index (χ0n) is 7.50. The van der Waals surface area contributed by atoms with E-state index in [2.05, 4.69) is 4.98 Å². The molecule has 1 aromatic rings. The van der Waals surface area contributed by atoms with Crippen molar-refractivity contribution in [2.45, 2.75) is 11.4 Å². The van der Waals surface area contributed by atoms with E-state index in [0.29, 0.717) is 23.0 Å². The Morgan fingerprint density at radius 3 is 2.85 bits per heavy atom. The number of nitrogens with zero attached hydrogens (tertiary/aromatic N) is 1. The smallest absolute Gasteiger partial charge is 0.154 e. The molecule has 1 aromatic heterocycles. The van der Waals surface area contributed by atoms with Crippen molar-refractivity contribution in [3.05, 3.63) is 16.9 Å². The Bertz CT molecular complexity index is 306. The number of pyridine rings is 1. The molecule has 13 heavy (non-hydrogen) atoms. The van der Waals surface area contributed by atoms with Gasteiger partial charge in [0.25, 0.3) is 0 Å². The first-order chi connectivity index (χ1) is 6.24. The minimum absolute atomic E-state index is 0.323. The second-order valence-corrected chi connectivity index (χ2v) is 3.55. The van der Waals surface area contributed by atoms with Crippen LogP contribution < -0.4 is 10.5 Å². The largest absolute Gasteiger partial charge is 0.494 e. The number of halogens is 1. The van der Waals surface area contributed by atoms with Crippen LogP contribution in [-0.2, 0) is 6.54 Å². The molecule has 0 atom stereocenters. The van der Waals surface area contributed by atoms with Gasteiger partial charge in [0.2, 0.25) is 0 Å². The molecule has 72 valence electrons. The molecule has 0 aliphatic carbocycles. The van der Waals surface area contributed by atoms with Crippen molar-refractivity contribution in [1.29, 1.82) is 0 Å². The summed E-state index contributed by atoms with van der Waals surface area (Å²) in [6.45, 7) is 0.323. The Morgan fingerprint density at radius 1 is 1.69 bits per heavy atom. The van der Waals surface area contributed by atoms with Crippen LogP contribution in [0.4, 0.5) is 0 Å². The van der Waals surface area contributed by atoms with Crippen molar-refractivity contribution >= 4 is 23.4 Å². The van der Waals surface area contributed by atoms with E-state index in [-0.39, 0.29) is 0 Å². The third kappa shape index (κ3) is 2.07. The molecule has 0 saturated heterocycles. The van der Waals surface area contributed by atoms with E-state index in [9.17, 15) is 0 Å². The van der Waals surface area contributed by atoms with Gasteiger partial charge in [-0.15, -0.1) is 11.8 Å². The highest BCUT2D eigenvalue weighted by atomic mass is 35.5. The van der Waals surface area contributed by atoms with Crippen LogP contribution in [-0.4, -0.2) is 18.3 Å². The topological polar surface area (TPSA) is 48.1 Å². The Hall–Kier alpha value is -0.450. The summed E-state index contributed by atoms with van der Waals surface area (Å²) in [5.74, 6) is 0.657. The average molecular weight is 219 g/mol. The molecule has 0 radical (unpaired) electrons. The van der Waals surface area contributed by atoms with Crippen molar-refractivity contribution in [3.8, 4) is 5.75 Å². The van der Waals surface area contributed by atoms with E-state index in [1.807, 2.05) is 6.26 Å². The summed E-state index contributed by atoms with van der Waals surface area (Å²) in [5, 5.41) is 0.511. The maximum atomic E-state index is 6.01. The fourth-order valence-electron chi connectivity index (χ4n) is 0.969.